The van der Waals surface area contributed by atoms with Crippen LogP contribution in [-0.4, -0.2) is 30.3 Å². The maximum Gasteiger partial charge on any atom is 0.347 e. The first-order chi connectivity index (χ1) is 9.55. The van der Waals surface area contributed by atoms with E-state index in [0.29, 0.717) is 23.6 Å². The maximum atomic E-state index is 11.2. The van der Waals surface area contributed by atoms with E-state index in [0.717, 1.165) is 10.6 Å². The lowest BCUT2D eigenvalue weighted by atomic mass is 10.1. The van der Waals surface area contributed by atoms with E-state index < -0.39 is 5.97 Å². The molecule has 1 aromatic carbocycles. The highest BCUT2D eigenvalue weighted by Gasteiger charge is 2.16. The minimum atomic E-state index is -0.939. The van der Waals surface area contributed by atoms with Gasteiger partial charge >= 0.3 is 5.97 Å². The van der Waals surface area contributed by atoms with Gasteiger partial charge in [-0.15, -0.1) is 11.3 Å². The number of rotatable bonds is 5. The number of hydrogen-bond donors (Lipinski definition) is 1. The Balaban J connectivity index is 2.33. The van der Waals surface area contributed by atoms with Crippen LogP contribution in [0, 0.1) is 6.92 Å². The predicted molar refractivity (Wildman–Crippen MR) is 76.2 cm³/mol. The van der Waals surface area contributed by atoms with E-state index in [1.54, 1.807) is 27.2 Å². The van der Waals surface area contributed by atoms with Crippen LogP contribution in [0.2, 0.25) is 0 Å². The third kappa shape index (κ3) is 2.91. The van der Waals surface area contributed by atoms with Gasteiger partial charge in [0.15, 0.2) is 11.5 Å². The molecule has 0 spiro atoms. The van der Waals surface area contributed by atoms with E-state index in [2.05, 4.69) is 4.98 Å². The Kier molecular flexibility index (Phi) is 4.24. The molecule has 0 fully saturated rings. The maximum absolute atomic E-state index is 11.2. The minimum absolute atomic E-state index is 0.289. The van der Waals surface area contributed by atoms with Crippen LogP contribution in [0.4, 0.5) is 0 Å². The highest BCUT2D eigenvalue weighted by molar-refractivity contribution is 7.13. The second-order valence-corrected chi connectivity index (χ2v) is 5.38. The molecule has 5 nitrogen and oxygen atoms in total. The molecule has 0 bridgehead atoms. The second kappa shape index (κ2) is 5.92. The van der Waals surface area contributed by atoms with Crippen molar-refractivity contribution in [3.63, 3.8) is 0 Å². The Morgan fingerprint density at radius 3 is 2.60 bits per heavy atom. The molecule has 0 radical (unpaired) electrons. The highest BCUT2D eigenvalue weighted by Crippen LogP contribution is 2.29. The Hall–Kier alpha value is -2.08. The molecule has 0 aliphatic heterocycles. The molecule has 0 atom stereocenters. The summed E-state index contributed by atoms with van der Waals surface area (Å²) >= 11 is 1.19. The number of nitrogens with zero attached hydrogens (tertiary/aromatic N) is 1. The second-order valence-electron chi connectivity index (χ2n) is 4.18. The number of carboxylic acids is 1. The number of methoxy groups -OCH3 is 2. The van der Waals surface area contributed by atoms with Crippen LogP contribution < -0.4 is 9.47 Å². The quantitative estimate of drug-likeness (QED) is 0.918. The molecule has 1 aromatic heterocycles. The highest BCUT2D eigenvalue weighted by atomic mass is 32.1. The number of aromatic nitrogens is 1. The largest absolute Gasteiger partial charge is 0.493 e. The van der Waals surface area contributed by atoms with Gasteiger partial charge in [-0.1, -0.05) is 6.07 Å². The molecule has 1 N–H and O–H groups in total. The third-order valence-corrected chi connectivity index (χ3v) is 3.82. The molecule has 2 rings (SSSR count). The monoisotopic (exact) mass is 293 g/mol. The van der Waals surface area contributed by atoms with Crippen LogP contribution >= 0.6 is 11.3 Å². The topological polar surface area (TPSA) is 68.7 Å². The molecule has 106 valence electrons. The number of carboxylic acid groups (broad SMARTS) is 1. The first-order valence-electron chi connectivity index (χ1n) is 5.95. The van der Waals surface area contributed by atoms with E-state index in [4.69, 9.17) is 14.6 Å². The molecule has 0 unspecified atom stereocenters. The number of thiazole rings is 1. The summed E-state index contributed by atoms with van der Waals surface area (Å²) in [6, 6.07) is 5.51. The van der Waals surface area contributed by atoms with E-state index >= 15 is 0 Å². The summed E-state index contributed by atoms with van der Waals surface area (Å²) in [5, 5.41) is 9.91. The van der Waals surface area contributed by atoms with Gasteiger partial charge < -0.3 is 14.6 Å². The smallest absolute Gasteiger partial charge is 0.347 e. The standard InChI is InChI=1S/C14H15NO4S/c1-8-15-10(13(20-8)14(16)17)6-9-4-5-11(18-2)12(7-9)19-3/h4-5,7H,6H2,1-3H3,(H,16,17). The van der Waals surface area contributed by atoms with E-state index in [1.807, 2.05) is 12.1 Å². The molecular formula is C14H15NO4S. The first kappa shape index (κ1) is 14.3. The SMILES string of the molecule is COc1ccc(Cc2nc(C)sc2C(=O)O)cc1OC. The van der Waals surface area contributed by atoms with Gasteiger partial charge in [0.05, 0.1) is 24.9 Å². The van der Waals surface area contributed by atoms with Gasteiger partial charge in [-0.25, -0.2) is 9.78 Å². The fourth-order valence-electron chi connectivity index (χ4n) is 1.94. The number of aromatic carboxylic acids is 1. The zero-order valence-corrected chi connectivity index (χ0v) is 12.3. The number of carbonyl (C=O) groups is 1. The summed E-state index contributed by atoms with van der Waals surface area (Å²) in [7, 11) is 3.14. The Bertz CT molecular complexity index is 636. The van der Waals surface area contributed by atoms with Gasteiger partial charge in [0, 0.05) is 6.42 Å². The molecule has 0 aliphatic carbocycles. The van der Waals surface area contributed by atoms with Crippen molar-refractivity contribution in [1.29, 1.82) is 0 Å². The molecule has 6 heteroatoms. The van der Waals surface area contributed by atoms with E-state index in [1.165, 1.54) is 11.3 Å². The zero-order valence-electron chi connectivity index (χ0n) is 11.5. The van der Waals surface area contributed by atoms with Crippen LogP contribution in [0.1, 0.15) is 25.9 Å². The number of aryl methyl sites for hydroxylation is 1. The summed E-state index contributed by atoms with van der Waals surface area (Å²) in [6.45, 7) is 1.80. The predicted octanol–water partition coefficient (Wildman–Crippen LogP) is 2.76. The van der Waals surface area contributed by atoms with Crippen molar-refractivity contribution in [2.45, 2.75) is 13.3 Å². The Morgan fingerprint density at radius 1 is 1.30 bits per heavy atom. The summed E-state index contributed by atoms with van der Waals surface area (Å²) in [5.41, 5.74) is 1.50. The average molecular weight is 293 g/mol. The average Bonchev–Trinajstić information content (AvgIpc) is 2.79. The summed E-state index contributed by atoms with van der Waals surface area (Å²) in [5.74, 6) is 0.323. The molecule has 0 aliphatic rings. The fourth-order valence-corrected chi connectivity index (χ4v) is 2.72. The molecule has 20 heavy (non-hydrogen) atoms. The number of hydrogen-bond acceptors (Lipinski definition) is 5. The van der Waals surface area contributed by atoms with Crippen molar-refractivity contribution in [1.82, 2.24) is 4.98 Å². The zero-order chi connectivity index (χ0) is 14.7. The third-order valence-electron chi connectivity index (χ3n) is 2.82. The van der Waals surface area contributed by atoms with Gasteiger partial charge in [-0.3, -0.25) is 0 Å². The fraction of sp³-hybridized carbons (Fsp3) is 0.286. The van der Waals surface area contributed by atoms with Gasteiger partial charge in [0.2, 0.25) is 0 Å². The lowest BCUT2D eigenvalue weighted by Gasteiger charge is -2.09. The summed E-state index contributed by atoms with van der Waals surface area (Å²) in [6.07, 6.45) is 0.451. The lowest BCUT2D eigenvalue weighted by Crippen LogP contribution is -2.00. The van der Waals surface area contributed by atoms with Crippen LogP contribution in [0.25, 0.3) is 0 Å². The van der Waals surface area contributed by atoms with Crippen LogP contribution in [0.5, 0.6) is 11.5 Å². The van der Waals surface area contributed by atoms with E-state index in [-0.39, 0.29) is 4.88 Å². The molecule has 2 aromatic rings. The first-order valence-corrected chi connectivity index (χ1v) is 6.77. The molecule has 0 amide bonds. The van der Waals surface area contributed by atoms with Crippen LogP contribution in [-0.2, 0) is 6.42 Å². The minimum Gasteiger partial charge on any atom is -0.493 e. The molecule has 0 saturated heterocycles. The van der Waals surface area contributed by atoms with Crippen molar-refractivity contribution >= 4 is 17.3 Å². The van der Waals surface area contributed by atoms with Crippen molar-refractivity contribution in [2.24, 2.45) is 0 Å². The summed E-state index contributed by atoms with van der Waals surface area (Å²) in [4.78, 5) is 15.8. The van der Waals surface area contributed by atoms with Gasteiger partial charge in [-0.05, 0) is 24.6 Å². The van der Waals surface area contributed by atoms with Crippen molar-refractivity contribution in [3.05, 3.63) is 39.3 Å². The van der Waals surface area contributed by atoms with Gasteiger partial charge in [0.1, 0.15) is 4.88 Å². The lowest BCUT2D eigenvalue weighted by molar-refractivity contribution is 0.0701. The van der Waals surface area contributed by atoms with Gasteiger partial charge in [-0.2, -0.15) is 0 Å². The van der Waals surface area contributed by atoms with Crippen LogP contribution in [0.3, 0.4) is 0 Å². The van der Waals surface area contributed by atoms with Crippen LogP contribution in [0.15, 0.2) is 18.2 Å². The van der Waals surface area contributed by atoms with Crippen molar-refractivity contribution in [3.8, 4) is 11.5 Å². The van der Waals surface area contributed by atoms with Crippen molar-refractivity contribution < 1.29 is 19.4 Å². The summed E-state index contributed by atoms with van der Waals surface area (Å²) < 4.78 is 10.4. The van der Waals surface area contributed by atoms with Crippen molar-refractivity contribution in [2.75, 3.05) is 14.2 Å². The Labute approximate surface area is 120 Å². The van der Waals surface area contributed by atoms with Gasteiger partial charge in [0.25, 0.3) is 0 Å². The molecule has 1 heterocycles. The molecule has 0 saturated carbocycles. The normalized spacial score (nSPS) is 10.3. The number of ether oxygens (including phenoxy) is 2. The molecular weight excluding hydrogens is 278 g/mol. The Morgan fingerprint density at radius 2 is 2.00 bits per heavy atom. The number of benzene rings is 1. The van der Waals surface area contributed by atoms with E-state index in [9.17, 15) is 4.79 Å².